The first kappa shape index (κ1) is 19.3. The van der Waals surface area contributed by atoms with Crippen molar-refractivity contribution in [3.05, 3.63) is 30.1 Å². The van der Waals surface area contributed by atoms with Crippen LogP contribution in [0.2, 0.25) is 0 Å². The second-order valence-corrected chi connectivity index (χ2v) is 8.23. The lowest BCUT2D eigenvalue weighted by Crippen LogP contribution is -2.51. The quantitative estimate of drug-likeness (QED) is 0.788. The SMILES string of the molecule is CC(C)N1[C@@H](C(=O)NCCN(C)C)C[C@H]2CN(Cc3ccccn3)C[C@H]21. The molecule has 1 aromatic rings. The number of fused-ring (bicyclic) bond motifs is 1. The monoisotopic (exact) mass is 359 g/mol. The third-order valence-corrected chi connectivity index (χ3v) is 5.62. The number of likely N-dealkylation sites (N-methyl/N-ethyl adjacent to an activating group) is 1. The Morgan fingerprint density at radius 1 is 1.35 bits per heavy atom. The van der Waals surface area contributed by atoms with Crippen molar-refractivity contribution in [1.29, 1.82) is 0 Å². The van der Waals surface area contributed by atoms with Crippen LogP contribution in [0.3, 0.4) is 0 Å². The van der Waals surface area contributed by atoms with E-state index in [1.165, 1.54) is 0 Å². The van der Waals surface area contributed by atoms with E-state index in [1.54, 1.807) is 0 Å². The van der Waals surface area contributed by atoms with E-state index in [4.69, 9.17) is 0 Å². The zero-order valence-corrected chi connectivity index (χ0v) is 16.6. The van der Waals surface area contributed by atoms with Crippen molar-refractivity contribution in [3.63, 3.8) is 0 Å². The standard InChI is InChI=1S/C20H33N5O/c1-15(2)25-18(20(26)22-9-10-23(3)4)11-16-12-24(14-19(16)25)13-17-7-5-6-8-21-17/h5-8,15-16,18-19H,9-14H2,1-4H3,(H,22,26)/t16-,18+,19+/m0/s1. The van der Waals surface area contributed by atoms with Crippen molar-refractivity contribution in [2.75, 3.05) is 40.3 Å². The van der Waals surface area contributed by atoms with Crippen LogP contribution in [0.15, 0.2) is 24.4 Å². The van der Waals surface area contributed by atoms with Gasteiger partial charge in [-0.15, -0.1) is 0 Å². The molecule has 1 amide bonds. The third-order valence-electron chi connectivity index (χ3n) is 5.62. The fourth-order valence-corrected chi connectivity index (χ4v) is 4.51. The van der Waals surface area contributed by atoms with Crippen LogP contribution in [0, 0.1) is 5.92 Å². The Morgan fingerprint density at radius 2 is 2.15 bits per heavy atom. The lowest BCUT2D eigenvalue weighted by molar-refractivity contribution is -0.126. The van der Waals surface area contributed by atoms with Crippen molar-refractivity contribution < 1.29 is 4.79 Å². The van der Waals surface area contributed by atoms with Crippen molar-refractivity contribution in [3.8, 4) is 0 Å². The van der Waals surface area contributed by atoms with Crippen molar-refractivity contribution in [2.24, 2.45) is 5.92 Å². The fourth-order valence-electron chi connectivity index (χ4n) is 4.51. The number of aromatic nitrogens is 1. The van der Waals surface area contributed by atoms with Crippen LogP contribution in [0.25, 0.3) is 0 Å². The molecule has 26 heavy (non-hydrogen) atoms. The molecule has 144 valence electrons. The Balaban J connectivity index is 1.59. The second kappa shape index (κ2) is 8.46. The van der Waals surface area contributed by atoms with Gasteiger partial charge in [-0.25, -0.2) is 0 Å². The van der Waals surface area contributed by atoms with Crippen molar-refractivity contribution in [1.82, 2.24) is 25.0 Å². The zero-order valence-electron chi connectivity index (χ0n) is 16.6. The maximum Gasteiger partial charge on any atom is 0.237 e. The topological polar surface area (TPSA) is 51.7 Å². The molecule has 1 N–H and O–H groups in total. The number of hydrogen-bond acceptors (Lipinski definition) is 5. The lowest BCUT2D eigenvalue weighted by Gasteiger charge is -2.33. The highest BCUT2D eigenvalue weighted by atomic mass is 16.2. The van der Waals surface area contributed by atoms with Gasteiger partial charge in [-0.3, -0.25) is 19.6 Å². The van der Waals surface area contributed by atoms with Gasteiger partial charge in [0.05, 0.1) is 11.7 Å². The minimum Gasteiger partial charge on any atom is -0.353 e. The minimum absolute atomic E-state index is 0.0177. The molecule has 6 nitrogen and oxygen atoms in total. The molecule has 2 saturated heterocycles. The average Bonchev–Trinajstić information content (AvgIpc) is 3.12. The zero-order chi connectivity index (χ0) is 18.7. The van der Waals surface area contributed by atoms with Crippen LogP contribution in [-0.4, -0.2) is 84.0 Å². The maximum atomic E-state index is 12.8. The summed E-state index contributed by atoms with van der Waals surface area (Å²) in [4.78, 5) is 24.3. The molecule has 1 aromatic heterocycles. The Labute approximate surface area is 157 Å². The summed E-state index contributed by atoms with van der Waals surface area (Å²) in [5.41, 5.74) is 1.13. The van der Waals surface area contributed by atoms with E-state index in [1.807, 2.05) is 32.4 Å². The Morgan fingerprint density at radius 3 is 2.81 bits per heavy atom. The second-order valence-electron chi connectivity index (χ2n) is 8.23. The molecule has 6 heteroatoms. The van der Waals surface area contributed by atoms with E-state index < -0.39 is 0 Å². The number of amides is 1. The third kappa shape index (κ3) is 4.42. The Kier molecular flexibility index (Phi) is 6.27. The van der Waals surface area contributed by atoms with Gasteiger partial charge in [0, 0.05) is 51.0 Å². The van der Waals surface area contributed by atoms with Crippen LogP contribution in [-0.2, 0) is 11.3 Å². The summed E-state index contributed by atoms with van der Waals surface area (Å²) in [5.74, 6) is 0.775. The summed E-state index contributed by atoms with van der Waals surface area (Å²) in [5, 5.41) is 3.14. The summed E-state index contributed by atoms with van der Waals surface area (Å²) in [7, 11) is 4.06. The van der Waals surface area contributed by atoms with Crippen LogP contribution in [0.4, 0.5) is 0 Å². The van der Waals surface area contributed by atoms with E-state index in [9.17, 15) is 4.79 Å². The van der Waals surface area contributed by atoms with Gasteiger partial charge in [0.1, 0.15) is 0 Å². The van der Waals surface area contributed by atoms with Crippen LogP contribution in [0.1, 0.15) is 26.0 Å². The number of nitrogens with one attached hydrogen (secondary N) is 1. The van der Waals surface area contributed by atoms with E-state index in [-0.39, 0.29) is 11.9 Å². The van der Waals surface area contributed by atoms with E-state index in [2.05, 4.69) is 44.9 Å². The van der Waals surface area contributed by atoms with Crippen molar-refractivity contribution >= 4 is 5.91 Å². The summed E-state index contributed by atoms with van der Waals surface area (Å²) in [6.07, 6.45) is 2.83. The predicted molar refractivity (Wildman–Crippen MR) is 104 cm³/mol. The predicted octanol–water partition coefficient (Wildman–Crippen LogP) is 1.04. The van der Waals surface area contributed by atoms with Gasteiger partial charge < -0.3 is 10.2 Å². The van der Waals surface area contributed by atoms with Gasteiger partial charge in [0.25, 0.3) is 0 Å². The number of pyridine rings is 1. The molecule has 0 aliphatic carbocycles. The lowest BCUT2D eigenvalue weighted by atomic mass is 10.0. The highest BCUT2D eigenvalue weighted by Gasteiger charge is 2.49. The first-order valence-corrected chi connectivity index (χ1v) is 9.78. The van der Waals surface area contributed by atoms with Crippen LogP contribution >= 0.6 is 0 Å². The smallest absolute Gasteiger partial charge is 0.237 e. The van der Waals surface area contributed by atoms with Gasteiger partial charge in [-0.05, 0) is 52.4 Å². The molecule has 0 radical (unpaired) electrons. The average molecular weight is 360 g/mol. The number of nitrogens with zero attached hydrogens (tertiary/aromatic N) is 4. The summed E-state index contributed by atoms with van der Waals surface area (Å²) in [6.45, 7) is 9.01. The number of rotatable bonds is 7. The number of hydrogen-bond donors (Lipinski definition) is 1. The molecular formula is C20H33N5O. The van der Waals surface area contributed by atoms with Gasteiger partial charge >= 0.3 is 0 Å². The van der Waals surface area contributed by atoms with E-state index >= 15 is 0 Å². The normalized spacial score (nSPS) is 26.6. The highest BCUT2D eigenvalue weighted by molar-refractivity contribution is 5.82. The van der Waals surface area contributed by atoms with Crippen molar-refractivity contribution in [2.45, 2.75) is 44.9 Å². The van der Waals surface area contributed by atoms with E-state index in [0.29, 0.717) is 18.0 Å². The van der Waals surface area contributed by atoms with Gasteiger partial charge in [-0.1, -0.05) is 6.07 Å². The summed E-state index contributed by atoms with van der Waals surface area (Å²) in [6, 6.07) is 6.97. The largest absolute Gasteiger partial charge is 0.353 e. The Bertz CT molecular complexity index is 591. The molecule has 0 saturated carbocycles. The number of carbonyl (C=O) groups excluding carboxylic acids is 1. The van der Waals surface area contributed by atoms with Crippen LogP contribution < -0.4 is 5.32 Å². The molecule has 2 aliphatic rings. The molecule has 2 aliphatic heterocycles. The molecule has 0 unspecified atom stereocenters. The van der Waals surface area contributed by atoms with Crippen LogP contribution in [0.5, 0.6) is 0 Å². The molecule has 2 fully saturated rings. The fraction of sp³-hybridized carbons (Fsp3) is 0.700. The first-order chi connectivity index (χ1) is 12.5. The van der Waals surface area contributed by atoms with Gasteiger partial charge in [0.15, 0.2) is 0 Å². The molecular weight excluding hydrogens is 326 g/mol. The molecule has 0 spiro atoms. The molecule has 3 atom stereocenters. The number of carbonyl (C=O) groups is 1. The Hall–Kier alpha value is -1.50. The molecule has 3 rings (SSSR count). The minimum atomic E-state index is 0.0177. The molecule has 3 heterocycles. The van der Waals surface area contributed by atoms with E-state index in [0.717, 1.165) is 44.8 Å². The first-order valence-electron chi connectivity index (χ1n) is 9.78. The highest BCUT2D eigenvalue weighted by Crippen LogP contribution is 2.37. The molecule has 0 aromatic carbocycles. The van der Waals surface area contributed by atoms with Gasteiger partial charge in [0.2, 0.25) is 5.91 Å². The maximum absolute atomic E-state index is 12.8. The molecule has 0 bridgehead atoms. The summed E-state index contributed by atoms with van der Waals surface area (Å²) < 4.78 is 0. The summed E-state index contributed by atoms with van der Waals surface area (Å²) >= 11 is 0. The van der Waals surface area contributed by atoms with Gasteiger partial charge in [-0.2, -0.15) is 0 Å². The number of likely N-dealkylation sites (tertiary alicyclic amines) is 2.